The van der Waals surface area contributed by atoms with Crippen molar-refractivity contribution in [2.45, 2.75) is 96.7 Å². The Balaban J connectivity index is 1.25. The number of benzene rings is 2. The van der Waals surface area contributed by atoms with Crippen molar-refractivity contribution in [3.05, 3.63) is 47.5 Å². The number of carbonyl (C=O) groups is 2. The molecule has 2 amide bonds. The molecule has 1 unspecified atom stereocenters. The number of aliphatic hydroxyl groups excluding tert-OH is 2. The standard InChI is InChI=1S/C41H61N5O6/c1-24-33-20-29(41(33,3)4)21-34(24)43-40(50)37-36(25(2)48)35(23-47)52-46(37)22-26-11-9-13-32(38(26)51-8)27-17-28(19-31(18-27)44(5)6)39(49)42-15-14-30-12-10-16-45(30)7/h9,11,13,17-19,24-25,29-30,33-37,47-48H,10,12,14-16,20-23H2,1-8H3,(H,42,49)(H,43,50)/t24-,25-,29+,30?,33-,34-,35-,36-,37-/m0/s1. The van der Waals surface area contributed by atoms with E-state index in [4.69, 9.17) is 9.57 Å². The summed E-state index contributed by atoms with van der Waals surface area (Å²) in [5.41, 5.74) is 4.14. The van der Waals surface area contributed by atoms with Crippen molar-refractivity contribution in [1.82, 2.24) is 20.6 Å². The predicted octanol–water partition coefficient (Wildman–Crippen LogP) is 4.30. The van der Waals surface area contributed by atoms with Gasteiger partial charge in [0.25, 0.3) is 5.91 Å². The van der Waals surface area contributed by atoms with Crippen LogP contribution in [0.3, 0.4) is 0 Å². The molecule has 11 nitrogen and oxygen atoms in total. The zero-order chi connectivity index (χ0) is 37.5. The van der Waals surface area contributed by atoms with Crippen LogP contribution in [0.2, 0.25) is 0 Å². The maximum atomic E-state index is 14.2. The number of carbonyl (C=O) groups excluding carboxylic acids is 2. The monoisotopic (exact) mass is 719 g/mol. The Morgan fingerprint density at radius 3 is 2.56 bits per heavy atom. The molecule has 9 atom stereocenters. The molecular formula is C41H61N5O6. The molecule has 3 aliphatic carbocycles. The van der Waals surface area contributed by atoms with Gasteiger partial charge in [0, 0.05) is 61.0 Å². The third-order valence-electron chi connectivity index (χ3n) is 13.1. The summed E-state index contributed by atoms with van der Waals surface area (Å²) < 4.78 is 6.07. The third-order valence-corrected chi connectivity index (χ3v) is 13.1. The SMILES string of the molecule is COc1c(CN2O[C@@H](CO)[C@H]([C@H](C)O)[C@H]2C(=O)N[C@H]2C[C@H]3C[C@@H]([C@@H]2C)C3(C)C)cccc1-c1cc(C(=O)NCCC2CCCN2C)cc(N(C)C)c1. The largest absolute Gasteiger partial charge is 0.496 e. The molecule has 0 aromatic heterocycles. The summed E-state index contributed by atoms with van der Waals surface area (Å²) in [4.78, 5) is 38.3. The molecule has 2 saturated heterocycles. The van der Waals surface area contributed by atoms with Gasteiger partial charge in [0.1, 0.15) is 17.9 Å². The Labute approximate surface area is 310 Å². The van der Waals surface area contributed by atoms with Crippen molar-refractivity contribution in [1.29, 1.82) is 0 Å². The molecule has 2 heterocycles. The van der Waals surface area contributed by atoms with E-state index in [-0.39, 0.29) is 36.4 Å². The lowest BCUT2D eigenvalue weighted by molar-refractivity contribution is -0.183. The van der Waals surface area contributed by atoms with Gasteiger partial charge in [0.05, 0.1) is 26.4 Å². The molecule has 52 heavy (non-hydrogen) atoms. The van der Waals surface area contributed by atoms with Crippen molar-refractivity contribution in [3.8, 4) is 16.9 Å². The molecule has 3 saturated carbocycles. The number of aliphatic hydroxyl groups is 2. The zero-order valence-electron chi connectivity index (χ0n) is 32.4. The highest BCUT2D eigenvalue weighted by atomic mass is 16.7. The van der Waals surface area contributed by atoms with Crippen LogP contribution in [0.5, 0.6) is 5.75 Å². The lowest BCUT2D eigenvalue weighted by Gasteiger charge is -2.62. The van der Waals surface area contributed by atoms with Gasteiger partial charge in [-0.25, -0.2) is 0 Å². The summed E-state index contributed by atoms with van der Waals surface area (Å²) in [5, 5.41) is 29.4. The van der Waals surface area contributed by atoms with Crippen LogP contribution in [0, 0.1) is 29.1 Å². The van der Waals surface area contributed by atoms with Crippen LogP contribution >= 0.6 is 0 Å². The normalized spacial score (nSPS) is 30.4. The Morgan fingerprint density at radius 2 is 1.94 bits per heavy atom. The van der Waals surface area contributed by atoms with Gasteiger partial charge in [-0.3, -0.25) is 14.4 Å². The van der Waals surface area contributed by atoms with E-state index >= 15 is 0 Å². The number of rotatable bonds is 13. The van der Waals surface area contributed by atoms with E-state index in [0.29, 0.717) is 41.7 Å². The first kappa shape index (κ1) is 38.5. The number of hydroxylamine groups is 2. The minimum atomic E-state index is -0.889. The number of amides is 2. The number of hydrogen-bond acceptors (Lipinski definition) is 9. The summed E-state index contributed by atoms with van der Waals surface area (Å²) in [6, 6.07) is 11.4. The van der Waals surface area contributed by atoms with E-state index in [1.165, 1.54) is 12.8 Å². The summed E-state index contributed by atoms with van der Waals surface area (Å²) in [7, 11) is 7.67. The quantitative estimate of drug-likeness (QED) is 0.240. The number of likely N-dealkylation sites (tertiary alicyclic amines) is 1. The summed E-state index contributed by atoms with van der Waals surface area (Å²) >= 11 is 0. The van der Waals surface area contributed by atoms with E-state index < -0.39 is 24.2 Å². The van der Waals surface area contributed by atoms with E-state index in [1.54, 1.807) is 19.1 Å². The van der Waals surface area contributed by atoms with Crippen molar-refractivity contribution in [3.63, 3.8) is 0 Å². The third kappa shape index (κ3) is 7.44. The van der Waals surface area contributed by atoms with Crippen molar-refractivity contribution >= 4 is 17.5 Å². The predicted molar refractivity (Wildman–Crippen MR) is 203 cm³/mol. The molecule has 0 radical (unpaired) electrons. The zero-order valence-corrected chi connectivity index (χ0v) is 32.4. The second kappa shape index (κ2) is 15.6. The number of hydrogen-bond donors (Lipinski definition) is 4. The number of fused-ring (bicyclic) bond motifs is 2. The number of anilines is 1. The second-order valence-corrected chi connectivity index (χ2v) is 16.7. The molecule has 0 spiro atoms. The summed E-state index contributed by atoms with van der Waals surface area (Å²) in [5.74, 6) is 1.14. The Morgan fingerprint density at radius 1 is 1.17 bits per heavy atom. The topological polar surface area (TPSA) is 127 Å². The fourth-order valence-corrected chi connectivity index (χ4v) is 9.78. The molecule has 4 N–H and O–H groups in total. The van der Waals surface area contributed by atoms with Crippen LogP contribution in [-0.2, 0) is 16.2 Å². The molecule has 286 valence electrons. The number of methoxy groups -OCH3 is 1. The van der Waals surface area contributed by atoms with E-state index in [9.17, 15) is 19.8 Å². The summed E-state index contributed by atoms with van der Waals surface area (Å²) in [6.45, 7) is 10.1. The number of nitrogens with zero attached hydrogens (tertiary/aromatic N) is 3. The van der Waals surface area contributed by atoms with Gasteiger partial charge in [-0.05, 0) is 99.6 Å². The average molecular weight is 720 g/mol. The molecule has 7 rings (SSSR count). The number of nitrogens with one attached hydrogen (secondary N) is 2. The van der Waals surface area contributed by atoms with Crippen molar-refractivity contribution in [2.75, 3.05) is 52.8 Å². The Kier molecular flexibility index (Phi) is 11.6. The van der Waals surface area contributed by atoms with Gasteiger partial charge < -0.3 is 35.4 Å². The van der Waals surface area contributed by atoms with Crippen LogP contribution in [0.4, 0.5) is 5.69 Å². The number of para-hydroxylation sites is 1. The average Bonchev–Trinajstić information content (AvgIpc) is 3.70. The van der Waals surface area contributed by atoms with Crippen LogP contribution < -0.4 is 20.3 Å². The highest BCUT2D eigenvalue weighted by Gasteiger charge is 2.57. The molecule has 2 bridgehead atoms. The molecule has 2 aromatic carbocycles. The van der Waals surface area contributed by atoms with E-state index in [0.717, 1.165) is 48.2 Å². The highest BCUT2D eigenvalue weighted by molar-refractivity contribution is 5.97. The Bertz CT molecular complexity index is 1600. The van der Waals surface area contributed by atoms with Gasteiger partial charge in [0.15, 0.2) is 0 Å². The fourth-order valence-electron chi connectivity index (χ4n) is 9.78. The lowest BCUT2D eigenvalue weighted by Crippen LogP contribution is -2.62. The minimum absolute atomic E-state index is 0.0474. The minimum Gasteiger partial charge on any atom is -0.496 e. The lowest BCUT2D eigenvalue weighted by atomic mass is 9.45. The first-order valence-electron chi connectivity index (χ1n) is 19.2. The number of ether oxygens (including phenoxy) is 1. The summed E-state index contributed by atoms with van der Waals surface area (Å²) in [6.07, 6.45) is 3.79. The Hall–Kier alpha value is -3.22. The molecule has 2 aromatic rings. The van der Waals surface area contributed by atoms with Crippen LogP contribution in [0.25, 0.3) is 11.1 Å². The van der Waals surface area contributed by atoms with E-state index in [1.807, 2.05) is 55.4 Å². The molecule has 11 heteroatoms. The molecule has 2 aliphatic heterocycles. The van der Waals surface area contributed by atoms with Gasteiger partial charge >= 0.3 is 0 Å². The molecular weight excluding hydrogens is 658 g/mol. The van der Waals surface area contributed by atoms with Gasteiger partial charge in [-0.15, -0.1) is 0 Å². The first-order valence-corrected chi connectivity index (χ1v) is 19.2. The smallest absolute Gasteiger partial charge is 0.251 e. The van der Waals surface area contributed by atoms with Crippen LogP contribution in [0.1, 0.15) is 75.7 Å². The molecule has 5 aliphatic rings. The van der Waals surface area contributed by atoms with Gasteiger partial charge in [-0.2, -0.15) is 5.06 Å². The van der Waals surface area contributed by atoms with Crippen molar-refractivity contribution in [2.24, 2.45) is 29.1 Å². The van der Waals surface area contributed by atoms with Crippen LogP contribution in [0.15, 0.2) is 36.4 Å². The fraction of sp³-hybridized carbons (Fsp3) is 0.659. The maximum Gasteiger partial charge on any atom is 0.251 e. The van der Waals surface area contributed by atoms with Gasteiger partial charge in [0.2, 0.25) is 5.91 Å². The maximum absolute atomic E-state index is 14.2. The highest BCUT2D eigenvalue weighted by Crippen LogP contribution is 2.61. The molecule has 5 fully saturated rings. The second-order valence-electron chi connectivity index (χ2n) is 16.7. The first-order chi connectivity index (χ1) is 24.7. The van der Waals surface area contributed by atoms with Gasteiger partial charge in [-0.1, -0.05) is 39.0 Å². The van der Waals surface area contributed by atoms with Crippen molar-refractivity contribution < 1.29 is 29.4 Å². The van der Waals surface area contributed by atoms with Crippen LogP contribution in [-0.4, -0.2) is 110 Å². The van der Waals surface area contributed by atoms with E-state index in [2.05, 4.69) is 43.4 Å².